The lowest BCUT2D eigenvalue weighted by Gasteiger charge is -2.19. The number of ether oxygens (including phenoxy) is 2. The zero-order chi connectivity index (χ0) is 23.3. The summed E-state index contributed by atoms with van der Waals surface area (Å²) >= 11 is 0. The van der Waals surface area contributed by atoms with Crippen molar-refractivity contribution in [3.8, 4) is 22.6 Å². The summed E-state index contributed by atoms with van der Waals surface area (Å²) in [4.78, 5) is 12.5. The van der Waals surface area contributed by atoms with Crippen LogP contribution in [0.5, 0.6) is 11.5 Å². The number of hydrogen-bond donors (Lipinski definition) is 0. The molecule has 1 unspecified atom stereocenters. The van der Waals surface area contributed by atoms with Crippen molar-refractivity contribution in [2.45, 2.75) is 32.4 Å². The van der Waals surface area contributed by atoms with E-state index in [0.717, 1.165) is 12.1 Å². The van der Waals surface area contributed by atoms with Crippen LogP contribution in [0, 0.1) is 5.92 Å². The van der Waals surface area contributed by atoms with Gasteiger partial charge in [-0.25, -0.2) is 0 Å². The Morgan fingerprint density at radius 2 is 1.53 bits per heavy atom. The van der Waals surface area contributed by atoms with Crippen LogP contribution in [0.1, 0.15) is 37.3 Å². The summed E-state index contributed by atoms with van der Waals surface area (Å²) in [5.74, 6) is 0.441. The normalized spacial score (nSPS) is 12.5. The van der Waals surface area contributed by atoms with Gasteiger partial charge in [0.1, 0.15) is 11.5 Å². The van der Waals surface area contributed by atoms with E-state index >= 15 is 0 Å². The van der Waals surface area contributed by atoms with Crippen molar-refractivity contribution in [2.24, 2.45) is 5.92 Å². The van der Waals surface area contributed by atoms with E-state index in [0.29, 0.717) is 34.6 Å². The van der Waals surface area contributed by atoms with Crippen LogP contribution < -0.4 is 4.74 Å². The highest BCUT2D eigenvalue weighted by molar-refractivity contribution is 5.79. The molecule has 3 rings (SSSR count). The Hall–Kier alpha value is -3.28. The molecule has 0 N–H and O–H groups in total. The fraction of sp³-hybridized carbons (Fsp3) is 0.269. The average Bonchev–Trinajstić information content (AvgIpc) is 2.77. The SMILES string of the molecule is COC(=O)C(CC(C)C)c1cc(Oc2ccccc2)cc(-c2ccc(C(F)(F)F)cc2)c1. The van der Waals surface area contributed by atoms with Crippen LogP contribution >= 0.6 is 0 Å². The molecule has 3 aromatic rings. The predicted octanol–water partition coefficient (Wildman–Crippen LogP) is 7.47. The number of methoxy groups -OCH3 is 1. The third-order valence-electron chi connectivity index (χ3n) is 5.05. The summed E-state index contributed by atoms with van der Waals surface area (Å²) in [6.45, 7) is 4.02. The Labute approximate surface area is 185 Å². The van der Waals surface area contributed by atoms with E-state index < -0.39 is 17.7 Å². The highest BCUT2D eigenvalue weighted by Gasteiger charge is 2.30. The topological polar surface area (TPSA) is 35.5 Å². The van der Waals surface area contributed by atoms with Crippen LogP contribution in [0.2, 0.25) is 0 Å². The van der Waals surface area contributed by atoms with Crippen LogP contribution in [-0.2, 0) is 15.7 Å². The van der Waals surface area contributed by atoms with Crippen molar-refractivity contribution in [3.05, 3.63) is 83.9 Å². The standard InChI is InChI=1S/C26H25F3O3/c1-17(2)13-24(25(30)31-3)20-14-19(18-9-11-21(12-10-18)26(27,28)29)15-23(16-20)32-22-7-5-4-6-8-22/h4-12,14-17,24H,13H2,1-3H3. The third kappa shape index (κ3) is 5.90. The summed E-state index contributed by atoms with van der Waals surface area (Å²) in [5.41, 5.74) is 1.21. The van der Waals surface area contributed by atoms with Gasteiger partial charge in [-0.3, -0.25) is 4.79 Å². The second kappa shape index (κ2) is 9.90. The van der Waals surface area contributed by atoms with Gasteiger partial charge in [0, 0.05) is 0 Å². The zero-order valence-corrected chi connectivity index (χ0v) is 18.1. The first kappa shape index (κ1) is 23.4. The van der Waals surface area contributed by atoms with E-state index in [1.54, 1.807) is 24.3 Å². The summed E-state index contributed by atoms with van der Waals surface area (Å²) < 4.78 is 49.9. The number of hydrogen-bond acceptors (Lipinski definition) is 3. The van der Waals surface area contributed by atoms with Crippen molar-refractivity contribution in [2.75, 3.05) is 7.11 Å². The van der Waals surface area contributed by atoms with Gasteiger partial charge in [-0.15, -0.1) is 0 Å². The van der Waals surface area contributed by atoms with E-state index in [2.05, 4.69) is 0 Å². The number of carbonyl (C=O) groups excluding carboxylic acids is 1. The minimum atomic E-state index is -4.41. The Bertz CT molecular complexity index is 1040. The molecule has 0 fully saturated rings. The molecular formula is C26H25F3O3. The molecule has 3 aromatic carbocycles. The maximum atomic E-state index is 13.0. The molecule has 0 spiro atoms. The fourth-order valence-electron chi connectivity index (χ4n) is 3.51. The molecule has 0 bridgehead atoms. The second-order valence-corrected chi connectivity index (χ2v) is 7.99. The molecule has 0 aromatic heterocycles. The van der Waals surface area contributed by atoms with Crippen molar-refractivity contribution in [3.63, 3.8) is 0 Å². The summed E-state index contributed by atoms with van der Waals surface area (Å²) in [6, 6.07) is 19.4. The van der Waals surface area contributed by atoms with E-state index in [1.807, 2.05) is 38.1 Å². The number of para-hydroxylation sites is 1. The van der Waals surface area contributed by atoms with Crippen LogP contribution in [0.15, 0.2) is 72.8 Å². The first-order valence-electron chi connectivity index (χ1n) is 10.3. The maximum absolute atomic E-state index is 13.0. The van der Waals surface area contributed by atoms with E-state index in [1.165, 1.54) is 19.2 Å². The third-order valence-corrected chi connectivity index (χ3v) is 5.05. The highest BCUT2D eigenvalue weighted by atomic mass is 19.4. The second-order valence-electron chi connectivity index (χ2n) is 7.99. The molecule has 3 nitrogen and oxygen atoms in total. The summed E-state index contributed by atoms with van der Waals surface area (Å²) in [7, 11) is 1.34. The van der Waals surface area contributed by atoms with Crippen LogP contribution in [0.4, 0.5) is 13.2 Å². The van der Waals surface area contributed by atoms with Gasteiger partial charge in [-0.05, 0) is 65.4 Å². The van der Waals surface area contributed by atoms with Crippen molar-refractivity contribution >= 4 is 5.97 Å². The Morgan fingerprint density at radius 3 is 2.09 bits per heavy atom. The Morgan fingerprint density at radius 1 is 0.875 bits per heavy atom. The molecule has 32 heavy (non-hydrogen) atoms. The zero-order valence-electron chi connectivity index (χ0n) is 18.1. The van der Waals surface area contributed by atoms with Gasteiger partial charge in [-0.1, -0.05) is 50.2 Å². The number of alkyl halides is 3. The van der Waals surface area contributed by atoms with Gasteiger partial charge in [0.15, 0.2) is 0 Å². The van der Waals surface area contributed by atoms with Gasteiger partial charge >= 0.3 is 12.1 Å². The van der Waals surface area contributed by atoms with Gasteiger partial charge < -0.3 is 9.47 Å². The van der Waals surface area contributed by atoms with Crippen LogP contribution in [0.25, 0.3) is 11.1 Å². The van der Waals surface area contributed by atoms with E-state index in [4.69, 9.17) is 9.47 Å². The number of halogens is 3. The lowest BCUT2D eigenvalue weighted by Crippen LogP contribution is -2.16. The number of rotatable bonds is 7. The van der Waals surface area contributed by atoms with E-state index in [-0.39, 0.29) is 11.9 Å². The van der Waals surface area contributed by atoms with Crippen molar-refractivity contribution in [1.29, 1.82) is 0 Å². The average molecular weight is 442 g/mol. The minimum absolute atomic E-state index is 0.229. The highest BCUT2D eigenvalue weighted by Crippen LogP contribution is 2.36. The Kier molecular flexibility index (Phi) is 7.23. The molecule has 0 saturated heterocycles. The molecule has 0 amide bonds. The molecule has 1 atom stereocenters. The monoisotopic (exact) mass is 442 g/mol. The van der Waals surface area contributed by atoms with Crippen molar-refractivity contribution in [1.82, 2.24) is 0 Å². The first-order chi connectivity index (χ1) is 15.2. The number of carbonyl (C=O) groups is 1. The minimum Gasteiger partial charge on any atom is -0.469 e. The Balaban J connectivity index is 2.08. The molecule has 0 aliphatic carbocycles. The molecule has 0 saturated carbocycles. The molecule has 0 heterocycles. The largest absolute Gasteiger partial charge is 0.469 e. The molecular weight excluding hydrogens is 417 g/mol. The molecule has 0 radical (unpaired) electrons. The van der Waals surface area contributed by atoms with Crippen LogP contribution in [0.3, 0.4) is 0 Å². The summed E-state index contributed by atoms with van der Waals surface area (Å²) in [5, 5.41) is 0. The van der Waals surface area contributed by atoms with Crippen LogP contribution in [-0.4, -0.2) is 13.1 Å². The lowest BCUT2D eigenvalue weighted by atomic mass is 9.88. The molecule has 0 aliphatic rings. The van der Waals surface area contributed by atoms with Gasteiger partial charge in [-0.2, -0.15) is 13.2 Å². The number of esters is 1. The summed E-state index contributed by atoms with van der Waals surface area (Å²) in [6.07, 6.45) is -3.84. The van der Waals surface area contributed by atoms with Gasteiger partial charge in [0.05, 0.1) is 18.6 Å². The number of benzene rings is 3. The maximum Gasteiger partial charge on any atom is 0.416 e. The van der Waals surface area contributed by atoms with Crippen molar-refractivity contribution < 1.29 is 27.4 Å². The quantitative estimate of drug-likeness (QED) is 0.356. The smallest absolute Gasteiger partial charge is 0.416 e. The molecule has 0 aliphatic heterocycles. The van der Waals surface area contributed by atoms with Gasteiger partial charge in [0.25, 0.3) is 0 Å². The first-order valence-corrected chi connectivity index (χ1v) is 10.3. The van der Waals surface area contributed by atoms with E-state index in [9.17, 15) is 18.0 Å². The van der Waals surface area contributed by atoms with Gasteiger partial charge in [0.2, 0.25) is 0 Å². The molecule has 6 heteroatoms. The predicted molar refractivity (Wildman–Crippen MR) is 118 cm³/mol. The lowest BCUT2D eigenvalue weighted by molar-refractivity contribution is -0.143. The fourth-order valence-corrected chi connectivity index (χ4v) is 3.51. The molecule has 168 valence electrons.